The number of hydrogen-bond acceptors (Lipinski definition) is 2. The van der Waals surface area contributed by atoms with Crippen LogP contribution in [0.25, 0.3) is 0 Å². The topological polar surface area (TPSA) is 29.3 Å². The lowest BCUT2D eigenvalue weighted by Gasteiger charge is -2.39. The normalized spacial score (nSPS) is 26.1. The Morgan fingerprint density at radius 2 is 1.94 bits per heavy atom. The van der Waals surface area contributed by atoms with Crippen LogP contribution in [0.2, 0.25) is 10.0 Å². The monoisotopic (exact) mass is 272 g/mol. The predicted octanol–water partition coefficient (Wildman–Crippen LogP) is 3.48. The molecule has 0 bridgehead atoms. The van der Waals surface area contributed by atoms with E-state index in [1.165, 1.54) is 6.42 Å². The van der Waals surface area contributed by atoms with E-state index >= 15 is 0 Å². The summed E-state index contributed by atoms with van der Waals surface area (Å²) in [6.45, 7) is 4.26. The van der Waals surface area contributed by atoms with E-state index in [0.717, 1.165) is 25.1 Å². The smallest absolute Gasteiger partial charge is 0.0500 e. The highest BCUT2D eigenvalue weighted by Crippen LogP contribution is 2.32. The first-order valence-electron chi connectivity index (χ1n) is 6.07. The van der Waals surface area contributed by atoms with E-state index in [4.69, 9.17) is 28.9 Å². The number of benzene rings is 1. The molecular formula is C13H18Cl2N2. The van der Waals surface area contributed by atoms with Crippen LogP contribution in [-0.4, -0.2) is 24.0 Å². The van der Waals surface area contributed by atoms with E-state index in [1.807, 2.05) is 12.1 Å². The standard InChI is InChI=1S/C13H18Cl2N2/c1-2-17-5-3-4-12(16)13(17)9-6-10(14)8-11(15)7-9/h6-8,12-13H,2-5,16H2,1H3. The Bertz CT molecular complexity index is 375. The molecule has 0 radical (unpaired) electrons. The van der Waals surface area contributed by atoms with Gasteiger partial charge in [-0.2, -0.15) is 0 Å². The van der Waals surface area contributed by atoms with Crippen LogP contribution in [0.15, 0.2) is 18.2 Å². The molecule has 1 aromatic carbocycles. The van der Waals surface area contributed by atoms with Crippen molar-refractivity contribution in [1.29, 1.82) is 0 Å². The zero-order valence-corrected chi connectivity index (χ0v) is 11.5. The van der Waals surface area contributed by atoms with Crippen LogP contribution in [-0.2, 0) is 0 Å². The quantitative estimate of drug-likeness (QED) is 0.893. The van der Waals surface area contributed by atoms with Crippen molar-refractivity contribution < 1.29 is 0 Å². The van der Waals surface area contributed by atoms with Crippen LogP contribution in [0, 0.1) is 0 Å². The number of nitrogens with zero attached hydrogens (tertiary/aromatic N) is 1. The molecule has 94 valence electrons. The maximum Gasteiger partial charge on any atom is 0.0500 e. The largest absolute Gasteiger partial charge is 0.326 e. The lowest BCUT2D eigenvalue weighted by atomic mass is 9.91. The lowest BCUT2D eigenvalue weighted by molar-refractivity contribution is 0.136. The average Bonchev–Trinajstić information content (AvgIpc) is 2.27. The summed E-state index contributed by atoms with van der Waals surface area (Å²) in [6, 6.07) is 6.12. The van der Waals surface area contributed by atoms with E-state index in [9.17, 15) is 0 Å². The van der Waals surface area contributed by atoms with Crippen LogP contribution in [0.4, 0.5) is 0 Å². The van der Waals surface area contributed by atoms with Gasteiger partial charge in [0.25, 0.3) is 0 Å². The Kier molecular flexibility index (Phi) is 4.31. The van der Waals surface area contributed by atoms with Gasteiger partial charge < -0.3 is 5.73 Å². The minimum atomic E-state index is 0.165. The second kappa shape index (κ2) is 5.57. The zero-order chi connectivity index (χ0) is 12.4. The molecule has 1 aliphatic rings. The third-order valence-corrected chi connectivity index (χ3v) is 3.85. The molecule has 1 aliphatic heterocycles. The lowest BCUT2D eigenvalue weighted by Crippen LogP contribution is -2.45. The highest BCUT2D eigenvalue weighted by atomic mass is 35.5. The maximum absolute atomic E-state index is 6.25. The first-order chi connectivity index (χ1) is 8.11. The van der Waals surface area contributed by atoms with Crippen molar-refractivity contribution in [2.24, 2.45) is 5.73 Å². The van der Waals surface area contributed by atoms with Crippen LogP contribution < -0.4 is 5.73 Å². The molecule has 17 heavy (non-hydrogen) atoms. The van der Waals surface area contributed by atoms with E-state index in [1.54, 1.807) is 6.07 Å². The summed E-state index contributed by atoms with van der Waals surface area (Å²) in [6.07, 6.45) is 2.23. The van der Waals surface area contributed by atoms with Crippen molar-refractivity contribution in [2.45, 2.75) is 31.8 Å². The molecule has 0 aliphatic carbocycles. The highest BCUT2D eigenvalue weighted by molar-refractivity contribution is 6.34. The number of piperidine rings is 1. The molecule has 0 aromatic heterocycles. The molecule has 2 nitrogen and oxygen atoms in total. The van der Waals surface area contributed by atoms with Gasteiger partial charge in [0.2, 0.25) is 0 Å². The summed E-state index contributed by atoms with van der Waals surface area (Å²) >= 11 is 12.1. The average molecular weight is 273 g/mol. The Balaban J connectivity index is 2.34. The molecule has 1 aromatic rings. The number of likely N-dealkylation sites (N-methyl/N-ethyl adjacent to an activating group) is 1. The number of halogens is 2. The van der Waals surface area contributed by atoms with Crippen molar-refractivity contribution in [3.63, 3.8) is 0 Å². The fourth-order valence-electron chi connectivity index (χ4n) is 2.66. The van der Waals surface area contributed by atoms with Gasteiger partial charge in [-0.15, -0.1) is 0 Å². The van der Waals surface area contributed by atoms with Gasteiger partial charge in [-0.3, -0.25) is 4.90 Å². The van der Waals surface area contributed by atoms with E-state index in [0.29, 0.717) is 10.0 Å². The molecule has 2 N–H and O–H groups in total. The van der Waals surface area contributed by atoms with Crippen molar-refractivity contribution in [3.05, 3.63) is 33.8 Å². The van der Waals surface area contributed by atoms with Crippen LogP contribution in [0.1, 0.15) is 31.4 Å². The summed E-state index contributed by atoms with van der Waals surface area (Å²) in [7, 11) is 0. The number of rotatable bonds is 2. The van der Waals surface area contributed by atoms with Gasteiger partial charge in [-0.25, -0.2) is 0 Å². The van der Waals surface area contributed by atoms with Gasteiger partial charge in [0, 0.05) is 22.1 Å². The summed E-state index contributed by atoms with van der Waals surface area (Å²) in [5.74, 6) is 0. The molecule has 2 unspecified atom stereocenters. The summed E-state index contributed by atoms with van der Waals surface area (Å²) in [4.78, 5) is 2.40. The van der Waals surface area contributed by atoms with E-state index < -0.39 is 0 Å². The first-order valence-corrected chi connectivity index (χ1v) is 6.83. The van der Waals surface area contributed by atoms with Crippen molar-refractivity contribution in [1.82, 2.24) is 4.90 Å². The third-order valence-electron chi connectivity index (χ3n) is 3.41. The zero-order valence-electron chi connectivity index (χ0n) is 10.00. The van der Waals surface area contributed by atoms with Gasteiger partial charge in [0.05, 0.1) is 0 Å². The molecule has 0 spiro atoms. The van der Waals surface area contributed by atoms with Crippen LogP contribution >= 0.6 is 23.2 Å². The summed E-state index contributed by atoms with van der Waals surface area (Å²) in [5, 5.41) is 1.36. The van der Waals surface area contributed by atoms with Crippen LogP contribution in [0.3, 0.4) is 0 Å². The number of likely N-dealkylation sites (tertiary alicyclic amines) is 1. The molecule has 0 amide bonds. The molecular weight excluding hydrogens is 255 g/mol. The SMILES string of the molecule is CCN1CCCC(N)C1c1cc(Cl)cc(Cl)c1. The molecule has 2 rings (SSSR count). The Hall–Kier alpha value is -0.280. The maximum atomic E-state index is 6.25. The van der Waals surface area contributed by atoms with Gasteiger partial charge >= 0.3 is 0 Å². The minimum absolute atomic E-state index is 0.165. The molecule has 1 saturated heterocycles. The molecule has 2 atom stereocenters. The third kappa shape index (κ3) is 2.94. The minimum Gasteiger partial charge on any atom is -0.326 e. The fraction of sp³-hybridized carbons (Fsp3) is 0.538. The fourth-order valence-corrected chi connectivity index (χ4v) is 3.20. The Labute approximate surface area is 113 Å². The van der Waals surface area contributed by atoms with E-state index in [-0.39, 0.29) is 12.1 Å². The molecule has 0 saturated carbocycles. The molecule has 1 heterocycles. The summed E-state index contributed by atoms with van der Waals surface area (Å²) < 4.78 is 0. The first kappa shape index (κ1) is 13.2. The van der Waals surface area contributed by atoms with Crippen LogP contribution in [0.5, 0.6) is 0 Å². The predicted molar refractivity (Wildman–Crippen MR) is 73.7 cm³/mol. The molecule has 4 heteroatoms. The second-order valence-electron chi connectivity index (χ2n) is 4.58. The van der Waals surface area contributed by atoms with Gasteiger partial charge in [-0.1, -0.05) is 30.1 Å². The van der Waals surface area contributed by atoms with Crippen molar-refractivity contribution >= 4 is 23.2 Å². The number of hydrogen-bond donors (Lipinski definition) is 1. The van der Waals surface area contributed by atoms with Gasteiger partial charge in [0.1, 0.15) is 0 Å². The Morgan fingerprint density at radius 1 is 1.29 bits per heavy atom. The highest BCUT2D eigenvalue weighted by Gasteiger charge is 2.29. The van der Waals surface area contributed by atoms with Gasteiger partial charge in [0.15, 0.2) is 0 Å². The Morgan fingerprint density at radius 3 is 2.53 bits per heavy atom. The van der Waals surface area contributed by atoms with E-state index in [2.05, 4.69) is 11.8 Å². The molecule has 1 fully saturated rings. The number of nitrogens with two attached hydrogens (primary N) is 1. The van der Waals surface area contributed by atoms with Crippen molar-refractivity contribution in [2.75, 3.05) is 13.1 Å². The summed E-state index contributed by atoms with van der Waals surface area (Å²) in [5.41, 5.74) is 7.38. The van der Waals surface area contributed by atoms with Crippen molar-refractivity contribution in [3.8, 4) is 0 Å². The van der Waals surface area contributed by atoms with Gasteiger partial charge in [-0.05, 0) is 49.7 Å². The second-order valence-corrected chi connectivity index (χ2v) is 5.46.